The van der Waals surface area contributed by atoms with E-state index in [0.29, 0.717) is 18.0 Å². The van der Waals surface area contributed by atoms with Crippen molar-refractivity contribution in [1.29, 1.82) is 0 Å². The molecule has 3 heteroatoms. The van der Waals surface area contributed by atoms with Crippen molar-refractivity contribution in [2.75, 3.05) is 14.2 Å². The topological polar surface area (TPSA) is 29.5 Å². The highest BCUT2D eigenvalue weighted by Crippen LogP contribution is 2.46. The molecule has 3 nitrogen and oxygen atoms in total. The number of fused-ring (bicyclic) bond motifs is 2. The highest BCUT2D eigenvalue weighted by atomic mass is 16.5. The van der Waals surface area contributed by atoms with Gasteiger partial charge >= 0.3 is 5.97 Å². The molecule has 2 aliphatic rings. The first-order valence-corrected chi connectivity index (χ1v) is 7.07. The molecule has 1 aromatic rings. The molecule has 0 spiro atoms. The number of benzene rings is 1. The van der Waals surface area contributed by atoms with Crippen LogP contribution in [0.1, 0.15) is 30.7 Å². The van der Waals surface area contributed by atoms with Crippen molar-refractivity contribution in [3.8, 4) is 0 Å². The molecule has 2 aliphatic heterocycles. The molecule has 0 N–H and O–H groups in total. The molecule has 0 amide bonds. The van der Waals surface area contributed by atoms with Gasteiger partial charge < -0.3 is 4.74 Å². The lowest BCUT2D eigenvalue weighted by Crippen LogP contribution is -2.49. The lowest BCUT2D eigenvalue weighted by atomic mass is 9.76. The van der Waals surface area contributed by atoms with Gasteiger partial charge in [-0.1, -0.05) is 30.3 Å². The Bertz CT molecular complexity index is 459. The highest BCUT2D eigenvalue weighted by molar-refractivity contribution is 5.75. The normalized spacial score (nSPS) is 34.2. The van der Waals surface area contributed by atoms with Crippen LogP contribution in [0.4, 0.5) is 0 Å². The van der Waals surface area contributed by atoms with Crippen molar-refractivity contribution >= 4 is 5.97 Å². The van der Waals surface area contributed by atoms with Gasteiger partial charge in [0, 0.05) is 18.0 Å². The SMILES string of the molecule is COC(=O)C1C2CC[C@@H](C[C@@H]1c1ccccc1)N2C. The summed E-state index contributed by atoms with van der Waals surface area (Å²) in [6.07, 6.45) is 3.39. The zero-order valence-electron chi connectivity index (χ0n) is 11.6. The van der Waals surface area contributed by atoms with Crippen LogP contribution in [0.25, 0.3) is 0 Å². The Morgan fingerprint density at radius 2 is 2.00 bits per heavy atom. The van der Waals surface area contributed by atoms with Crippen molar-refractivity contribution in [1.82, 2.24) is 4.90 Å². The molecule has 0 aliphatic carbocycles. The second-order valence-electron chi connectivity index (χ2n) is 5.77. The summed E-state index contributed by atoms with van der Waals surface area (Å²) in [7, 11) is 3.66. The maximum absolute atomic E-state index is 12.2. The number of piperidine rings is 1. The molecule has 2 fully saturated rings. The highest BCUT2D eigenvalue weighted by Gasteiger charge is 2.49. The summed E-state index contributed by atoms with van der Waals surface area (Å²) in [5.41, 5.74) is 1.28. The van der Waals surface area contributed by atoms with Crippen molar-refractivity contribution in [3.63, 3.8) is 0 Å². The molecule has 2 saturated heterocycles. The molecule has 2 unspecified atom stereocenters. The minimum atomic E-state index is -0.0500. The quantitative estimate of drug-likeness (QED) is 0.764. The first-order valence-electron chi connectivity index (χ1n) is 7.07. The summed E-state index contributed by atoms with van der Waals surface area (Å²) in [4.78, 5) is 14.6. The van der Waals surface area contributed by atoms with Gasteiger partial charge in [-0.3, -0.25) is 9.69 Å². The third-order valence-corrected chi connectivity index (χ3v) is 4.97. The fourth-order valence-electron chi connectivity index (χ4n) is 3.97. The molecule has 3 rings (SSSR count). The average Bonchev–Trinajstić information content (AvgIpc) is 2.70. The predicted molar refractivity (Wildman–Crippen MR) is 73.9 cm³/mol. The lowest BCUT2D eigenvalue weighted by molar-refractivity contribution is -0.150. The van der Waals surface area contributed by atoms with E-state index < -0.39 is 0 Å². The van der Waals surface area contributed by atoms with Crippen LogP contribution in [0.5, 0.6) is 0 Å². The summed E-state index contributed by atoms with van der Waals surface area (Å²) in [6.45, 7) is 0. The average molecular weight is 259 g/mol. The van der Waals surface area contributed by atoms with Crippen LogP contribution in [0.15, 0.2) is 30.3 Å². The fourth-order valence-corrected chi connectivity index (χ4v) is 3.97. The van der Waals surface area contributed by atoms with E-state index in [1.165, 1.54) is 19.1 Å². The standard InChI is InChI=1S/C16H21NO2/c1-17-12-8-9-14(17)15(16(18)19-2)13(10-12)11-6-4-3-5-7-11/h3-7,12-15H,8-10H2,1-2H3/t12-,13+,14?,15?/m0/s1. The maximum atomic E-state index is 12.2. The van der Waals surface area contributed by atoms with E-state index in [9.17, 15) is 4.79 Å². The summed E-state index contributed by atoms with van der Waals surface area (Å²) >= 11 is 0. The summed E-state index contributed by atoms with van der Waals surface area (Å²) in [5, 5.41) is 0. The summed E-state index contributed by atoms with van der Waals surface area (Å²) < 4.78 is 5.07. The van der Waals surface area contributed by atoms with Crippen LogP contribution in [0.3, 0.4) is 0 Å². The minimum Gasteiger partial charge on any atom is -0.469 e. The van der Waals surface area contributed by atoms with Crippen LogP contribution in [-0.4, -0.2) is 37.1 Å². The number of carbonyl (C=O) groups is 1. The van der Waals surface area contributed by atoms with Gasteiger partial charge in [0.05, 0.1) is 13.0 Å². The molecule has 2 bridgehead atoms. The van der Waals surface area contributed by atoms with E-state index in [-0.39, 0.29) is 11.9 Å². The number of hydrogen-bond acceptors (Lipinski definition) is 3. The zero-order valence-corrected chi connectivity index (χ0v) is 11.6. The van der Waals surface area contributed by atoms with Gasteiger partial charge in [-0.15, -0.1) is 0 Å². The van der Waals surface area contributed by atoms with Crippen molar-refractivity contribution in [2.45, 2.75) is 37.3 Å². The molecule has 102 valence electrons. The number of ether oxygens (including phenoxy) is 1. The monoisotopic (exact) mass is 259 g/mol. The Labute approximate surface area is 114 Å². The number of carbonyl (C=O) groups excluding carboxylic acids is 1. The second-order valence-corrected chi connectivity index (χ2v) is 5.77. The van der Waals surface area contributed by atoms with Gasteiger partial charge in [-0.2, -0.15) is 0 Å². The van der Waals surface area contributed by atoms with Crippen molar-refractivity contribution in [3.05, 3.63) is 35.9 Å². The lowest BCUT2D eigenvalue weighted by Gasteiger charge is -2.41. The van der Waals surface area contributed by atoms with E-state index in [1.807, 2.05) is 6.07 Å². The Morgan fingerprint density at radius 1 is 1.26 bits per heavy atom. The summed E-state index contributed by atoms with van der Waals surface area (Å²) in [5.74, 6) is 0.240. The molecule has 19 heavy (non-hydrogen) atoms. The Morgan fingerprint density at radius 3 is 2.68 bits per heavy atom. The van der Waals surface area contributed by atoms with Crippen molar-refractivity contribution in [2.24, 2.45) is 5.92 Å². The first kappa shape index (κ1) is 12.7. The molecule has 0 radical (unpaired) electrons. The zero-order chi connectivity index (χ0) is 13.4. The number of esters is 1. The second kappa shape index (κ2) is 4.97. The number of rotatable bonds is 2. The molecule has 0 aromatic heterocycles. The molecular formula is C16H21NO2. The van der Waals surface area contributed by atoms with E-state index in [4.69, 9.17) is 4.74 Å². The van der Waals surface area contributed by atoms with Crippen LogP contribution in [0.2, 0.25) is 0 Å². The Kier molecular flexibility index (Phi) is 3.31. The van der Waals surface area contributed by atoms with Gasteiger partial charge in [0.15, 0.2) is 0 Å². The molecule has 0 saturated carbocycles. The Balaban J connectivity index is 1.96. The van der Waals surface area contributed by atoms with Crippen LogP contribution in [0, 0.1) is 5.92 Å². The van der Waals surface area contributed by atoms with Gasteiger partial charge in [-0.25, -0.2) is 0 Å². The van der Waals surface area contributed by atoms with E-state index in [1.54, 1.807) is 0 Å². The minimum absolute atomic E-state index is 0.0175. The van der Waals surface area contributed by atoms with Crippen molar-refractivity contribution < 1.29 is 9.53 Å². The number of nitrogens with zero attached hydrogens (tertiary/aromatic N) is 1. The van der Waals surface area contributed by atoms with Crippen LogP contribution >= 0.6 is 0 Å². The van der Waals surface area contributed by atoms with E-state index in [0.717, 1.165) is 12.8 Å². The van der Waals surface area contributed by atoms with Gasteiger partial charge in [-0.05, 0) is 31.9 Å². The van der Waals surface area contributed by atoms with Gasteiger partial charge in [0.2, 0.25) is 0 Å². The fraction of sp³-hybridized carbons (Fsp3) is 0.562. The smallest absolute Gasteiger partial charge is 0.310 e. The third-order valence-electron chi connectivity index (χ3n) is 4.97. The predicted octanol–water partition coefficient (Wildman–Crippen LogP) is 2.43. The number of methoxy groups -OCH3 is 1. The Hall–Kier alpha value is -1.35. The maximum Gasteiger partial charge on any atom is 0.310 e. The van der Waals surface area contributed by atoms with Gasteiger partial charge in [0.1, 0.15) is 0 Å². The summed E-state index contributed by atoms with van der Waals surface area (Å²) in [6, 6.07) is 11.4. The largest absolute Gasteiger partial charge is 0.469 e. The molecular weight excluding hydrogens is 238 g/mol. The number of hydrogen-bond donors (Lipinski definition) is 0. The third kappa shape index (κ3) is 2.06. The molecule has 4 atom stereocenters. The first-order chi connectivity index (χ1) is 9.22. The molecule has 2 heterocycles. The molecule has 1 aromatic carbocycles. The van der Waals surface area contributed by atoms with E-state index >= 15 is 0 Å². The van der Waals surface area contributed by atoms with Crippen LogP contribution in [-0.2, 0) is 9.53 Å². The van der Waals surface area contributed by atoms with Gasteiger partial charge in [0.25, 0.3) is 0 Å². The van der Waals surface area contributed by atoms with E-state index in [2.05, 4.69) is 36.2 Å². The van der Waals surface area contributed by atoms with Crippen LogP contribution < -0.4 is 0 Å².